The molecule has 4 N–H and O–H groups in total. The first-order valence-electron chi connectivity index (χ1n) is 15.1. The van der Waals surface area contributed by atoms with Crippen LogP contribution in [0, 0.1) is 0 Å². The molecule has 2 aromatic heterocycles. The Morgan fingerprint density at radius 2 is 1.84 bits per heavy atom. The summed E-state index contributed by atoms with van der Waals surface area (Å²) in [4.78, 5) is 10.2. The monoisotopic (exact) mass is 614 g/mol. The van der Waals surface area contributed by atoms with E-state index in [0.29, 0.717) is 23.6 Å². The molecule has 0 radical (unpaired) electrons. The first-order chi connectivity index (χ1) is 21.8. The maximum Gasteiger partial charge on any atom is 0.258 e. The topological polar surface area (TPSA) is 115 Å². The van der Waals surface area contributed by atoms with E-state index >= 15 is 0 Å². The SMILES string of the molecule is C=CC=C(CC)S(=O)(=O)Nc1cccc(-c2nc3n(c2-c2ccc(C4(N)CCC4)cc2)-c2cccnc2Nc2ccccc2-3)c1. The van der Waals surface area contributed by atoms with Gasteiger partial charge >= 0.3 is 0 Å². The van der Waals surface area contributed by atoms with Crippen LogP contribution in [0.15, 0.2) is 115 Å². The van der Waals surface area contributed by atoms with Gasteiger partial charge in [-0.15, -0.1) is 0 Å². The Kier molecular flexibility index (Phi) is 7.14. The van der Waals surface area contributed by atoms with Crippen LogP contribution in [0.5, 0.6) is 0 Å². The van der Waals surface area contributed by atoms with Crippen LogP contribution in [-0.2, 0) is 15.6 Å². The van der Waals surface area contributed by atoms with E-state index in [-0.39, 0.29) is 10.4 Å². The van der Waals surface area contributed by atoms with E-state index in [1.165, 1.54) is 12.2 Å². The second-order valence-corrected chi connectivity index (χ2v) is 13.2. The van der Waals surface area contributed by atoms with E-state index in [0.717, 1.165) is 64.4 Å². The highest BCUT2D eigenvalue weighted by Crippen LogP contribution is 2.45. The number of imidazole rings is 1. The third kappa shape index (κ3) is 5.04. The molecule has 3 aromatic carbocycles. The van der Waals surface area contributed by atoms with Crippen molar-refractivity contribution in [3.8, 4) is 39.6 Å². The Labute approximate surface area is 263 Å². The van der Waals surface area contributed by atoms with Crippen molar-refractivity contribution >= 4 is 27.2 Å². The normalized spacial score (nSPS) is 15.0. The van der Waals surface area contributed by atoms with Gasteiger partial charge in [-0.25, -0.2) is 18.4 Å². The van der Waals surface area contributed by atoms with Gasteiger partial charge in [-0.05, 0) is 73.7 Å². The number of fused-ring (bicyclic) bond motifs is 5. The van der Waals surface area contributed by atoms with Gasteiger partial charge in [0.1, 0.15) is 5.82 Å². The van der Waals surface area contributed by atoms with Gasteiger partial charge in [-0.3, -0.25) is 9.29 Å². The average molecular weight is 615 g/mol. The second-order valence-electron chi connectivity index (χ2n) is 11.5. The van der Waals surface area contributed by atoms with Crippen LogP contribution in [-0.4, -0.2) is 23.0 Å². The largest absolute Gasteiger partial charge is 0.338 e. The van der Waals surface area contributed by atoms with Crippen molar-refractivity contribution in [2.24, 2.45) is 5.73 Å². The number of sulfonamides is 1. The van der Waals surface area contributed by atoms with Crippen molar-refractivity contribution in [1.29, 1.82) is 0 Å². The average Bonchev–Trinajstić information content (AvgIpc) is 3.37. The number of nitrogens with one attached hydrogen (secondary N) is 2. The number of nitrogens with zero attached hydrogens (tertiary/aromatic N) is 3. The Balaban J connectivity index is 1.45. The minimum atomic E-state index is -3.77. The molecular formula is C36H34N6O2S. The fraction of sp³-hybridized carbons (Fsp3) is 0.167. The van der Waals surface area contributed by atoms with E-state index in [1.54, 1.807) is 19.2 Å². The minimum absolute atomic E-state index is 0.259. The molecule has 1 aliphatic carbocycles. The lowest BCUT2D eigenvalue weighted by Gasteiger charge is -2.38. The van der Waals surface area contributed by atoms with Crippen LogP contribution in [0.4, 0.5) is 17.2 Å². The summed E-state index contributed by atoms with van der Waals surface area (Å²) in [7, 11) is -3.77. The first-order valence-corrected chi connectivity index (χ1v) is 16.6. The van der Waals surface area contributed by atoms with Gasteiger partial charge in [0.05, 0.1) is 27.7 Å². The zero-order chi connectivity index (χ0) is 31.2. The number of para-hydroxylation sites is 1. The van der Waals surface area contributed by atoms with Gasteiger partial charge in [0.25, 0.3) is 10.0 Å². The van der Waals surface area contributed by atoms with Gasteiger partial charge in [-0.2, -0.15) is 0 Å². The molecule has 0 amide bonds. The van der Waals surface area contributed by atoms with Crippen LogP contribution >= 0.6 is 0 Å². The zero-order valence-corrected chi connectivity index (χ0v) is 25.8. The molecular weight excluding hydrogens is 581 g/mol. The van der Waals surface area contributed by atoms with Crippen molar-refractivity contribution < 1.29 is 8.42 Å². The molecule has 0 bridgehead atoms. The quantitative estimate of drug-likeness (QED) is 0.150. The van der Waals surface area contributed by atoms with Crippen molar-refractivity contribution in [3.63, 3.8) is 0 Å². The van der Waals surface area contributed by atoms with Crippen molar-refractivity contribution in [2.75, 3.05) is 10.0 Å². The third-order valence-electron chi connectivity index (χ3n) is 8.69. The fourth-order valence-electron chi connectivity index (χ4n) is 6.18. The molecule has 5 aromatic rings. The van der Waals surface area contributed by atoms with Gasteiger partial charge in [0.2, 0.25) is 0 Å². The Morgan fingerprint density at radius 3 is 2.58 bits per heavy atom. The number of hydrogen-bond acceptors (Lipinski definition) is 6. The van der Waals surface area contributed by atoms with Crippen LogP contribution in [0.3, 0.4) is 0 Å². The highest BCUT2D eigenvalue weighted by molar-refractivity contribution is 7.96. The Bertz CT molecular complexity index is 2080. The first kappa shape index (κ1) is 28.8. The third-order valence-corrected chi connectivity index (χ3v) is 10.3. The molecule has 8 nitrogen and oxygen atoms in total. The van der Waals surface area contributed by atoms with Crippen LogP contribution in [0.25, 0.3) is 39.6 Å². The summed E-state index contributed by atoms with van der Waals surface area (Å²) in [5.41, 5.74) is 14.0. The van der Waals surface area contributed by atoms with E-state index in [1.807, 2.05) is 54.6 Å². The highest BCUT2D eigenvalue weighted by Gasteiger charge is 2.34. The highest BCUT2D eigenvalue weighted by atomic mass is 32.2. The van der Waals surface area contributed by atoms with Crippen LogP contribution in [0.2, 0.25) is 0 Å². The molecule has 45 heavy (non-hydrogen) atoms. The standard InChI is InChI=1S/C36H34N6O2S/c1-3-10-28(4-2)45(43,44)41-27-12-7-11-25(23-27)32-33(24-16-18-26(19-17-24)36(37)20-9-21-36)42-31-15-8-22-38-34(31)39-30-14-6-5-13-29(30)35(42)40-32/h3,5-8,10-19,22-23,41H,1,4,9,20-21,37H2,2H3,(H,38,39). The van der Waals surface area contributed by atoms with E-state index in [2.05, 4.69) is 50.4 Å². The lowest BCUT2D eigenvalue weighted by Crippen LogP contribution is -2.43. The van der Waals surface area contributed by atoms with Gasteiger partial charge < -0.3 is 11.1 Å². The molecule has 2 aliphatic rings. The lowest BCUT2D eigenvalue weighted by molar-refractivity contribution is 0.253. The maximum atomic E-state index is 13.2. The molecule has 0 saturated heterocycles. The van der Waals surface area contributed by atoms with E-state index in [4.69, 9.17) is 10.7 Å². The number of allylic oxidation sites excluding steroid dienone is 3. The second kappa shape index (κ2) is 11.2. The fourth-order valence-corrected chi connectivity index (χ4v) is 7.40. The molecule has 9 heteroatoms. The van der Waals surface area contributed by atoms with Gasteiger partial charge in [0, 0.05) is 34.1 Å². The summed E-state index contributed by atoms with van der Waals surface area (Å²) in [5, 5.41) is 3.50. The molecule has 0 unspecified atom stereocenters. The van der Waals surface area contributed by atoms with Crippen LogP contribution in [0.1, 0.15) is 38.2 Å². The summed E-state index contributed by atoms with van der Waals surface area (Å²) >= 11 is 0. The number of benzene rings is 3. The molecule has 3 heterocycles. The molecule has 1 saturated carbocycles. The Hall–Kier alpha value is -4.99. The van der Waals surface area contributed by atoms with Gasteiger partial charge in [-0.1, -0.05) is 68.1 Å². The van der Waals surface area contributed by atoms with E-state index in [9.17, 15) is 8.42 Å². The number of nitrogens with two attached hydrogens (primary N) is 1. The molecule has 1 fully saturated rings. The maximum absolute atomic E-state index is 13.2. The van der Waals surface area contributed by atoms with Crippen molar-refractivity contribution in [3.05, 3.63) is 120 Å². The minimum Gasteiger partial charge on any atom is -0.338 e. The summed E-state index contributed by atoms with van der Waals surface area (Å²) in [5.74, 6) is 1.46. The smallest absolute Gasteiger partial charge is 0.258 e. The summed E-state index contributed by atoms with van der Waals surface area (Å²) in [6, 6.07) is 27.8. The summed E-state index contributed by atoms with van der Waals surface area (Å²) in [6.07, 6.45) is 8.22. The lowest BCUT2D eigenvalue weighted by atomic mass is 9.72. The number of rotatable bonds is 8. The Morgan fingerprint density at radius 1 is 1.04 bits per heavy atom. The summed E-state index contributed by atoms with van der Waals surface area (Å²) < 4.78 is 31.3. The number of anilines is 3. The molecule has 0 atom stereocenters. The predicted octanol–water partition coefficient (Wildman–Crippen LogP) is 7.88. The van der Waals surface area contributed by atoms with E-state index < -0.39 is 10.0 Å². The number of aromatic nitrogens is 3. The van der Waals surface area contributed by atoms with Gasteiger partial charge in [0.15, 0.2) is 5.82 Å². The van der Waals surface area contributed by atoms with Crippen molar-refractivity contribution in [1.82, 2.24) is 14.5 Å². The number of pyridine rings is 1. The predicted molar refractivity (Wildman–Crippen MR) is 182 cm³/mol. The number of hydrogen-bond donors (Lipinski definition) is 3. The molecule has 7 rings (SSSR count). The molecule has 226 valence electrons. The molecule has 1 aliphatic heterocycles. The van der Waals surface area contributed by atoms with Crippen molar-refractivity contribution in [2.45, 2.75) is 38.1 Å². The molecule has 0 spiro atoms. The zero-order valence-electron chi connectivity index (χ0n) is 25.0. The van der Waals surface area contributed by atoms with Crippen LogP contribution < -0.4 is 15.8 Å². The summed E-state index contributed by atoms with van der Waals surface area (Å²) in [6.45, 7) is 5.47.